The summed E-state index contributed by atoms with van der Waals surface area (Å²) in [6.07, 6.45) is 0. The molecule has 8 heteroatoms. The molecule has 0 saturated carbocycles. The van der Waals surface area contributed by atoms with Crippen LogP contribution in [0.1, 0.15) is 9.67 Å². The zero-order valence-corrected chi connectivity index (χ0v) is 17.0. The molecule has 0 aliphatic rings. The summed E-state index contributed by atoms with van der Waals surface area (Å²) in [7, 11) is 1.60. The molecule has 0 unspecified atom stereocenters. The first-order valence-electron chi connectivity index (χ1n) is 8.35. The van der Waals surface area contributed by atoms with Crippen molar-refractivity contribution in [1.29, 1.82) is 0 Å². The Morgan fingerprint density at radius 1 is 1.00 bits per heavy atom. The van der Waals surface area contributed by atoms with Crippen LogP contribution >= 0.6 is 34.5 Å². The van der Waals surface area contributed by atoms with Gasteiger partial charge < -0.3 is 10.6 Å². The fraction of sp³-hybridized carbons (Fsp3) is 0.0500. The van der Waals surface area contributed by atoms with Crippen LogP contribution in [-0.4, -0.2) is 22.9 Å². The number of fused-ring (bicyclic) bond motifs is 1. The van der Waals surface area contributed by atoms with Gasteiger partial charge in [-0.1, -0.05) is 41.4 Å². The Morgan fingerprint density at radius 2 is 1.71 bits per heavy atom. The number of carbonyl (C=O) groups excluding carboxylic acids is 1. The monoisotopic (exact) mass is 428 g/mol. The van der Waals surface area contributed by atoms with Crippen molar-refractivity contribution in [2.75, 3.05) is 12.4 Å². The van der Waals surface area contributed by atoms with E-state index in [2.05, 4.69) is 20.6 Å². The third-order valence-corrected chi connectivity index (χ3v) is 5.47. The molecule has 0 fully saturated rings. The van der Waals surface area contributed by atoms with Gasteiger partial charge in [0.05, 0.1) is 10.6 Å². The average molecular weight is 429 g/mol. The van der Waals surface area contributed by atoms with Gasteiger partial charge in [-0.15, -0.1) is 11.3 Å². The molecule has 4 rings (SSSR count). The molecule has 0 atom stereocenters. The Balaban J connectivity index is 1.91. The molecule has 2 aromatic heterocycles. The zero-order chi connectivity index (χ0) is 19.7. The van der Waals surface area contributed by atoms with Crippen LogP contribution < -0.4 is 10.6 Å². The van der Waals surface area contributed by atoms with Crippen LogP contribution in [0.2, 0.25) is 10.0 Å². The number of rotatable bonds is 4. The van der Waals surface area contributed by atoms with E-state index in [0.717, 1.165) is 16.6 Å². The molecule has 1 amide bonds. The Hall–Kier alpha value is -2.67. The van der Waals surface area contributed by atoms with Crippen molar-refractivity contribution in [2.24, 2.45) is 0 Å². The van der Waals surface area contributed by atoms with E-state index in [1.54, 1.807) is 31.3 Å². The second-order valence-corrected chi connectivity index (χ2v) is 7.86. The highest BCUT2D eigenvalue weighted by molar-refractivity contribution is 7.20. The second-order valence-electron chi connectivity index (χ2n) is 5.95. The van der Waals surface area contributed by atoms with E-state index < -0.39 is 0 Å². The number of anilines is 2. The minimum Gasteiger partial charge on any atom is -0.354 e. The van der Waals surface area contributed by atoms with E-state index in [9.17, 15) is 4.79 Å². The molecule has 0 aliphatic heterocycles. The largest absolute Gasteiger partial charge is 0.354 e. The molecule has 140 valence electrons. The summed E-state index contributed by atoms with van der Waals surface area (Å²) in [4.78, 5) is 22.6. The van der Waals surface area contributed by atoms with Crippen LogP contribution in [0.25, 0.3) is 21.5 Å². The first kappa shape index (κ1) is 18.7. The first-order valence-corrected chi connectivity index (χ1v) is 9.93. The number of benzene rings is 2. The Labute approximate surface area is 175 Å². The molecule has 2 N–H and O–H groups in total. The molecule has 2 aromatic carbocycles. The first-order chi connectivity index (χ1) is 13.5. The van der Waals surface area contributed by atoms with Crippen molar-refractivity contribution in [2.45, 2.75) is 0 Å². The summed E-state index contributed by atoms with van der Waals surface area (Å²) in [5.41, 5.74) is 2.27. The predicted octanol–water partition coefficient (Wildman–Crippen LogP) is 5.77. The molecule has 0 bridgehead atoms. The number of hydrogen-bond acceptors (Lipinski definition) is 5. The van der Waals surface area contributed by atoms with Gasteiger partial charge in [-0.05, 0) is 36.4 Å². The highest BCUT2D eigenvalue weighted by Crippen LogP contribution is 2.35. The quantitative estimate of drug-likeness (QED) is 0.432. The lowest BCUT2D eigenvalue weighted by Gasteiger charge is -2.09. The van der Waals surface area contributed by atoms with Gasteiger partial charge in [-0.2, -0.15) is 0 Å². The molecule has 0 saturated heterocycles. The number of carbonyl (C=O) groups is 1. The van der Waals surface area contributed by atoms with Crippen molar-refractivity contribution < 1.29 is 4.79 Å². The summed E-state index contributed by atoms with van der Waals surface area (Å²) < 4.78 is 0. The normalized spacial score (nSPS) is 10.8. The predicted molar refractivity (Wildman–Crippen MR) is 116 cm³/mol. The Kier molecular flexibility index (Phi) is 5.17. The van der Waals surface area contributed by atoms with E-state index in [-0.39, 0.29) is 5.91 Å². The molecule has 5 nitrogen and oxygen atoms in total. The standard InChI is InChI=1S/C20H14Cl2N4OS/c1-23-18(27)16-10-15-17(11-7-12(21)9-13(22)8-11)25-20(26-19(15)28-16)24-14-5-3-2-4-6-14/h2-10H,1H3,(H,23,27)(H,24,25,26). The number of hydrogen-bond donors (Lipinski definition) is 2. The van der Waals surface area contributed by atoms with Gasteiger partial charge >= 0.3 is 0 Å². The fourth-order valence-corrected chi connectivity index (χ4v) is 4.28. The van der Waals surface area contributed by atoms with Crippen LogP contribution in [0.15, 0.2) is 54.6 Å². The fourth-order valence-electron chi connectivity index (χ4n) is 2.77. The highest BCUT2D eigenvalue weighted by Gasteiger charge is 2.17. The van der Waals surface area contributed by atoms with Crippen LogP contribution in [0, 0.1) is 0 Å². The van der Waals surface area contributed by atoms with Crippen LogP contribution in [-0.2, 0) is 0 Å². The maximum Gasteiger partial charge on any atom is 0.261 e. The Bertz CT molecular complexity index is 1160. The van der Waals surface area contributed by atoms with Gasteiger partial charge in [0.15, 0.2) is 0 Å². The SMILES string of the molecule is CNC(=O)c1cc2c(-c3cc(Cl)cc(Cl)c3)nc(Nc3ccccc3)nc2s1. The van der Waals surface area contributed by atoms with Gasteiger partial charge in [0, 0.05) is 33.7 Å². The lowest BCUT2D eigenvalue weighted by atomic mass is 10.1. The van der Waals surface area contributed by atoms with Crippen molar-refractivity contribution in [1.82, 2.24) is 15.3 Å². The summed E-state index contributed by atoms with van der Waals surface area (Å²) in [6, 6.07) is 16.7. The van der Waals surface area contributed by atoms with Crippen LogP contribution in [0.3, 0.4) is 0 Å². The molecule has 4 aromatic rings. The van der Waals surface area contributed by atoms with Crippen LogP contribution in [0.4, 0.5) is 11.6 Å². The van der Waals surface area contributed by atoms with Crippen molar-refractivity contribution in [3.8, 4) is 11.3 Å². The molecule has 2 heterocycles. The maximum absolute atomic E-state index is 12.1. The van der Waals surface area contributed by atoms with Gasteiger partial charge in [0.25, 0.3) is 5.91 Å². The van der Waals surface area contributed by atoms with Gasteiger partial charge in [-0.3, -0.25) is 4.79 Å². The minimum atomic E-state index is -0.171. The van der Waals surface area contributed by atoms with Crippen LogP contribution in [0.5, 0.6) is 0 Å². The molecular formula is C20H14Cl2N4OS. The summed E-state index contributed by atoms with van der Waals surface area (Å²) in [5.74, 6) is 0.255. The number of thiophene rings is 1. The van der Waals surface area contributed by atoms with E-state index in [1.807, 2.05) is 30.3 Å². The molecule has 0 aliphatic carbocycles. The molecule has 28 heavy (non-hydrogen) atoms. The van der Waals surface area contributed by atoms with Gasteiger partial charge in [0.2, 0.25) is 5.95 Å². The van der Waals surface area contributed by atoms with E-state index in [4.69, 9.17) is 23.2 Å². The lowest BCUT2D eigenvalue weighted by molar-refractivity contribution is 0.0967. The van der Waals surface area contributed by atoms with E-state index in [0.29, 0.717) is 31.4 Å². The minimum absolute atomic E-state index is 0.171. The maximum atomic E-state index is 12.1. The highest BCUT2D eigenvalue weighted by atomic mass is 35.5. The topological polar surface area (TPSA) is 66.9 Å². The second kappa shape index (κ2) is 7.75. The number of para-hydroxylation sites is 1. The van der Waals surface area contributed by atoms with Crippen molar-refractivity contribution in [3.63, 3.8) is 0 Å². The molecular weight excluding hydrogens is 415 g/mol. The lowest BCUT2D eigenvalue weighted by Crippen LogP contribution is -2.15. The Morgan fingerprint density at radius 3 is 2.39 bits per heavy atom. The van der Waals surface area contributed by atoms with Gasteiger partial charge in [-0.25, -0.2) is 9.97 Å². The summed E-state index contributed by atoms with van der Waals surface area (Å²) >= 11 is 13.7. The number of halogens is 2. The third-order valence-electron chi connectivity index (χ3n) is 4.01. The number of nitrogens with one attached hydrogen (secondary N) is 2. The van der Waals surface area contributed by atoms with Gasteiger partial charge in [0.1, 0.15) is 4.83 Å². The zero-order valence-electron chi connectivity index (χ0n) is 14.7. The molecule has 0 radical (unpaired) electrons. The summed E-state index contributed by atoms with van der Waals surface area (Å²) in [6.45, 7) is 0. The average Bonchev–Trinajstić information content (AvgIpc) is 3.11. The smallest absolute Gasteiger partial charge is 0.261 e. The third kappa shape index (κ3) is 3.80. The molecule has 0 spiro atoms. The van der Waals surface area contributed by atoms with E-state index in [1.165, 1.54) is 11.3 Å². The number of amides is 1. The number of aromatic nitrogens is 2. The number of nitrogens with zero attached hydrogens (tertiary/aromatic N) is 2. The van der Waals surface area contributed by atoms with Crippen molar-refractivity contribution >= 4 is 62.3 Å². The summed E-state index contributed by atoms with van der Waals surface area (Å²) in [5, 5.41) is 7.63. The van der Waals surface area contributed by atoms with E-state index >= 15 is 0 Å². The van der Waals surface area contributed by atoms with Crippen molar-refractivity contribution in [3.05, 3.63) is 69.5 Å².